The smallest absolute Gasteiger partial charge is 0.156 e. The first-order valence-corrected chi connectivity index (χ1v) is 9.09. The zero-order chi connectivity index (χ0) is 19.8. The van der Waals surface area contributed by atoms with Gasteiger partial charge in [-0.05, 0) is 49.6 Å². The van der Waals surface area contributed by atoms with Gasteiger partial charge in [-0.3, -0.25) is 5.10 Å². The minimum atomic E-state index is 0.440. The Morgan fingerprint density at radius 1 is 1.07 bits per heavy atom. The summed E-state index contributed by atoms with van der Waals surface area (Å²) in [5, 5.41) is 11.6. The van der Waals surface area contributed by atoms with E-state index >= 15 is 0 Å². The van der Waals surface area contributed by atoms with Crippen molar-refractivity contribution in [2.45, 2.75) is 20.8 Å². The summed E-state index contributed by atoms with van der Waals surface area (Å²) in [5.41, 5.74) is 13.5. The Labute approximate surface area is 163 Å². The number of nitrogens with zero attached hydrogens (tertiary/aromatic N) is 2. The Balaban J connectivity index is 1.85. The molecule has 4 rings (SSSR count). The first-order valence-electron chi connectivity index (χ1n) is 9.09. The number of pyridine rings is 1. The molecule has 0 fully saturated rings. The van der Waals surface area contributed by atoms with Crippen LogP contribution in [0.2, 0.25) is 0 Å². The standard InChI is InChI=1S/C22H23N5O/c1-12-8-13(2)19(14(3)9-12)25-22-20-18(21(23)27-26-20)17(11-24-22)15-6-5-7-16(10-15)28-4/h5-11H,1-4H3,(H,24,25)(H3,23,26,27). The van der Waals surface area contributed by atoms with Gasteiger partial charge in [-0.25, -0.2) is 4.98 Å². The van der Waals surface area contributed by atoms with Gasteiger partial charge < -0.3 is 15.8 Å². The molecular formula is C22H23N5O. The number of ether oxygens (including phenoxy) is 1. The molecule has 28 heavy (non-hydrogen) atoms. The van der Waals surface area contributed by atoms with Gasteiger partial charge in [-0.1, -0.05) is 29.8 Å². The van der Waals surface area contributed by atoms with Crippen LogP contribution in [0.4, 0.5) is 17.3 Å². The fraction of sp³-hybridized carbons (Fsp3) is 0.182. The van der Waals surface area contributed by atoms with E-state index in [4.69, 9.17) is 10.5 Å². The van der Waals surface area contributed by atoms with E-state index in [9.17, 15) is 0 Å². The lowest BCUT2D eigenvalue weighted by Gasteiger charge is -2.15. The van der Waals surface area contributed by atoms with Crippen LogP contribution in [0.15, 0.2) is 42.6 Å². The summed E-state index contributed by atoms with van der Waals surface area (Å²) < 4.78 is 5.35. The SMILES string of the molecule is COc1cccc(-c2cnc(Nc3c(C)cc(C)cc3C)c3[nH]nc(N)c23)c1. The van der Waals surface area contributed by atoms with Crippen LogP contribution >= 0.6 is 0 Å². The highest BCUT2D eigenvalue weighted by atomic mass is 16.5. The third kappa shape index (κ3) is 3.03. The lowest BCUT2D eigenvalue weighted by molar-refractivity contribution is 0.415. The predicted molar refractivity (Wildman–Crippen MR) is 114 cm³/mol. The number of anilines is 3. The highest BCUT2D eigenvalue weighted by molar-refractivity contribution is 6.06. The molecule has 0 amide bonds. The van der Waals surface area contributed by atoms with Crippen molar-refractivity contribution in [3.8, 4) is 16.9 Å². The van der Waals surface area contributed by atoms with Crippen molar-refractivity contribution in [3.05, 3.63) is 59.3 Å². The summed E-state index contributed by atoms with van der Waals surface area (Å²) in [6, 6.07) is 12.1. The Morgan fingerprint density at radius 2 is 1.82 bits per heavy atom. The quantitative estimate of drug-likeness (QED) is 0.474. The monoisotopic (exact) mass is 373 g/mol. The number of benzene rings is 2. The highest BCUT2D eigenvalue weighted by Crippen LogP contribution is 2.36. The Bertz CT molecular complexity index is 1160. The minimum absolute atomic E-state index is 0.440. The average molecular weight is 373 g/mol. The fourth-order valence-corrected chi connectivity index (χ4v) is 3.66. The van der Waals surface area contributed by atoms with Crippen molar-refractivity contribution in [3.63, 3.8) is 0 Å². The van der Waals surface area contributed by atoms with Gasteiger partial charge in [0.1, 0.15) is 11.3 Å². The Morgan fingerprint density at radius 3 is 2.54 bits per heavy atom. The molecule has 0 aliphatic rings. The van der Waals surface area contributed by atoms with Gasteiger partial charge in [-0.15, -0.1) is 0 Å². The second-order valence-corrected chi connectivity index (χ2v) is 7.01. The molecule has 2 aromatic heterocycles. The highest BCUT2D eigenvalue weighted by Gasteiger charge is 2.16. The Hall–Kier alpha value is -3.54. The number of nitrogen functional groups attached to an aromatic ring is 1. The molecule has 142 valence electrons. The lowest BCUT2D eigenvalue weighted by atomic mass is 10.0. The zero-order valence-electron chi connectivity index (χ0n) is 16.4. The molecule has 4 N–H and O–H groups in total. The van der Waals surface area contributed by atoms with Crippen molar-refractivity contribution in [2.24, 2.45) is 0 Å². The van der Waals surface area contributed by atoms with Crippen LogP contribution in [0.1, 0.15) is 16.7 Å². The maximum absolute atomic E-state index is 6.20. The second kappa shape index (κ2) is 6.88. The molecule has 0 aliphatic carbocycles. The maximum Gasteiger partial charge on any atom is 0.156 e. The summed E-state index contributed by atoms with van der Waals surface area (Å²) in [5.74, 6) is 1.91. The van der Waals surface area contributed by atoms with Gasteiger partial charge in [0.25, 0.3) is 0 Å². The summed E-state index contributed by atoms with van der Waals surface area (Å²) in [6.07, 6.45) is 1.82. The number of hydrogen-bond donors (Lipinski definition) is 3. The topological polar surface area (TPSA) is 88.8 Å². The molecule has 0 saturated carbocycles. The normalized spacial score (nSPS) is 11.0. The molecule has 0 radical (unpaired) electrons. The van der Waals surface area contributed by atoms with E-state index in [1.807, 2.05) is 30.5 Å². The van der Waals surface area contributed by atoms with Crippen molar-refractivity contribution in [1.82, 2.24) is 15.2 Å². The van der Waals surface area contributed by atoms with Crippen molar-refractivity contribution < 1.29 is 4.74 Å². The summed E-state index contributed by atoms with van der Waals surface area (Å²) in [6.45, 7) is 6.27. The number of fused-ring (bicyclic) bond motifs is 1. The molecule has 4 aromatic rings. The molecule has 0 unspecified atom stereocenters. The van der Waals surface area contributed by atoms with E-state index in [1.165, 1.54) is 5.56 Å². The number of methoxy groups -OCH3 is 1. The summed E-state index contributed by atoms with van der Waals surface area (Å²) >= 11 is 0. The number of nitrogens with two attached hydrogens (primary N) is 1. The second-order valence-electron chi connectivity index (χ2n) is 7.01. The van der Waals surface area contributed by atoms with Crippen LogP contribution in [0.25, 0.3) is 22.0 Å². The van der Waals surface area contributed by atoms with Gasteiger partial charge in [-0.2, -0.15) is 5.10 Å². The molecule has 6 nitrogen and oxygen atoms in total. The predicted octanol–water partition coefficient (Wildman–Crippen LogP) is 4.88. The van der Waals surface area contributed by atoms with Gasteiger partial charge >= 0.3 is 0 Å². The molecule has 0 atom stereocenters. The van der Waals surface area contributed by atoms with E-state index in [-0.39, 0.29) is 0 Å². The molecule has 0 spiro atoms. The van der Waals surface area contributed by atoms with Gasteiger partial charge in [0.05, 0.1) is 12.5 Å². The molecule has 2 aromatic carbocycles. The third-order valence-electron chi connectivity index (χ3n) is 4.92. The molecule has 0 aliphatic heterocycles. The van der Waals surface area contributed by atoms with Crippen LogP contribution in [0, 0.1) is 20.8 Å². The first kappa shape index (κ1) is 17.9. The number of aromatic nitrogens is 3. The number of nitrogens with one attached hydrogen (secondary N) is 2. The zero-order valence-corrected chi connectivity index (χ0v) is 16.4. The van der Waals surface area contributed by atoms with E-state index in [0.29, 0.717) is 11.6 Å². The average Bonchev–Trinajstić information content (AvgIpc) is 3.07. The maximum atomic E-state index is 6.20. The van der Waals surface area contributed by atoms with Crippen molar-refractivity contribution in [1.29, 1.82) is 0 Å². The summed E-state index contributed by atoms with van der Waals surface area (Å²) in [7, 11) is 1.65. The van der Waals surface area contributed by atoms with Crippen LogP contribution < -0.4 is 15.8 Å². The van der Waals surface area contributed by atoms with Crippen LogP contribution in [-0.4, -0.2) is 22.3 Å². The lowest BCUT2D eigenvalue weighted by Crippen LogP contribution is -2.00. The van der Waals surface area contributed by atoms with E-state index < -0.39 is 0 Å². The first-order chi connectivity index (χ1) is 13.5. The van der Waals surface area contributed by atoms with E-state index in [1.54, 1.807) is 7.11 Å². The van der Waals surface area contributed by atoms with Crippen molar-refractivity contribution in [2.75, 3.05) is 18.2 Å². The van der Waals surface area contributed by atoms with Gasteiger partial charge in [0.15, 0.2) is 11.6 Å². The number of aryl methyl sites for hydroxylation is 3. The van der Waals surface area contributed by atoms with Gasteiger partial charge in [0, 0.05) is 17.4 Å². The molecule has 6 heteroatoms. The number of hydrogen-bond acceptors (Lipinski definition) is 5. The number of rotatable bonds is 4. The summed E-state index contributed by atoms with van der Waals surface area (Å²) in [4.78, 5) is 4.67. The third-order valence-corrected chi connectivity index (χ3v) is 4.92. The van der Waals surface area contributed by atoms with Crippen molar-refractivity contribution >= 4 is 28.2 Å². The van der Waals surface area contributed by atoms with Crippen LogP contribution in [0.3, 0.4) is 0 Å². The number of H-pyrrole nitrogens is 1. The molecule has 0 saturated heterocycles. The Kier molecular flexibility index (Phi) is 4.39. The van der Waals surface area contributed by atoms with E-state index in [2.05, 4.69) is 53.4 Å². The fourth-order valence-electron chi connectivity index (χ4n) is 3.66. The molecular weight excluding hydrogens is 350 g/mol. The molecule has 0 bridgehead atoms. The molecule has 2 heterocycles. The van der Waals surface area contributed by atoms with Crippen LogP contribution in [-0.2, 0) is 0 Å². The largest absolute Gasteiger partial charge is 0.497 e. The number of aromatic amines is 1. The van der Waals surface area contributed by atoms with Crippen LogP contribution in [0.5, 0.6) is 5.75 Å². The van der Waals surface area contributed by atoms with E-state index in [0.717, 1.165) is 44.6 Å². The van der Waals surface area contributed by atoms with Gasteiger partial charge in [0.2, 0.25) is 0 Å². The minimum Gasteiger partial charge on any atom is -0.497 e.